The lowest BCUT2D eigenvalue weighted by atomic mass is 10.7. The summed E-state index contributed by atoms with van der Waals surface area (Å²) in [5, 5.41) is 0. The van der Waals surface area contributed by atoms with Crippen molar-refractivity contribution < 1.29 is 0 Å². The van der Waals surface area contributed by atoms with Gasteiger partial charge in [-0.05, 0) is 12.1 Å². The van der Waals surface area contributed by atoms with Gasteiger partial charge in [0.15, 0.2) is 0 Å². The molecular weight excluding hydrogens is 217 g/mol. The topological polar surface area (TPSA) is 0 Å². The number of hydrogen-bond acceptors (Lipinski definition) is 1. The van der Waals surface area contributed by atoms with Crippen LogP contribution in [0.25, 0.3) is 0 Å². The summed E-state index contributed by atoms with van der Waals surface area (Å²) in [5.74, 6) is 0. The highest BCUT2D eigenvalue weighted by atomic mass is 35.9. The van der Waals surface area contributed by atoms with Gasteiger partial charge in [-0.3, -0.25) is 0 Å². The summed E-state index contributed by atoms with van der Waals surface area (Å²) < 4.78 is 1.69. The first-order valence-corrected chi connectivity index (χ1v) is 6.42. The van der Waals surface area contributed by atoms with Crippen molar-refractivity contribution in [3.8, 4) is 0 Å². The first kappa shape index (κ1) is 8.10. The van der Waals surface area contributed by atoms with Crippen LogP contribution in [-0.4, -0.2) is 0 Å². The van der Waals surface area contributed by atoms with E-state index in [0.29, 0.717) is 0 Å². The van der Waals surface area contributed by atoms with Gasteiger partial charge in [0, 0.05) is 0 Å². The Morgan fingerprint density at radius 1 is 1.33 bits per heavy atom. The summed E-state index contributed by atoms with van der Waals surface area (Å²) >= 11 is 18.2. The summed E-state index contributed by atoms with van der Waals surface area (Å²) in [4.78, 5) is 0. The van der Waals surface area contributed by atoms with Gasteiger partial charge in [0.2, 0.25) is 0 Å². The highest BCUT2D eigenvalue weighted by Crippen LogP contribution is 2.47. The lowest BCUT2D eigenvalue weighted by Gasteiger charge is -1.89. The summed E-state index contributed by atoms with van der Waals surface area (Å²) in [5.41, 5.74) is 0. The first-order valence-electron chi connectivity index (χ1n) is 2.07. The highest BCUT2D eigenvalue weighted by molar-refractivity contribution is 8.11. The fraction of sp³-hybridized carbons (Fsp3) is 0. The van der Waals surface area contributed by atoms with Crippen molar-refractivity contribution in [1.29, 1.82) is 0 Å². The molecular formula is C4H2Cl3PS. The van der Waals surface area contributed by atoms with E-state index < -0.39 is 6.63 Å². The summed E-state index contributed by atoms with van der Waals surface area (Å²) in [7, 11) is 0. The molecule has 0 aliphatic rings. The summed E-state index contributed by atoms with van der Waals surface area (Å²) in [6, 6.07) is 3.64. The van der Waals surface area contributed by atoms with Crippen molar-refractivity contribution >= 4 is 56.7 Å². The molecule has 0 fully saturated rings. The second kappa shape index (κ2) is 3.41. The van der Waals surface area contributed by atoms with Crippen LogP contribution < -0.4 is 4.62 Å². The molecule has 1 heterocycles. The van der Waals surface area contributed by atoms with E-state index in [0.717, 1.165) is 8.95 Å². The van der Waals surface area contributed by atoms with Crippen molar-refractivity contribution in [3.05, 3.63) is 16.5 Å². The van der Waals surface area contributed by atoms with E-state index in [1.807, 2.05) is 6.07 Å². The van der Waals surface area contributed by atoms with E-state index in [1.165, 1.54) is 11.3 Å². The fourth-order valence-corrected chi connectivity index (χ4v) is 3.06. The van der Waals surface area contributed by atoms with Crippen molar-refractivity contribution in [3.63, 3.8) is 0 Å². The van der Waals surface area contributed by atoms with E-state index >= 15 is 0 Å². The minimum atomic E-state index is -0.996. The van der Waals surface area contributed by atoms with Crippen molar-refractivity contribution in [2.75, 3.05) is 0 Å². The lowest BCUT2D eigenvalue weighted by Crippen LogP contribution is -1.79. The lowest BCUT2D eigenvalue weighted by molar-refractivity contribution is 2.06. The van der Waals surface area contributed by atoms with Crippen LogP contribution in [0.4, 0.5) is 0 Å². The number of hydrogen-bond donors (Lipinski definition) is 0. The monoisotopic (exact) mass is 218 g/mol. The van der Waals surface area contributed by atoms with E-state index in [9.17, 15) is 0 Å². The largest absolute Gasteiger partial charge is 0.127 e. The molecule has 0 saturated heterocycles. The predicted octanol–water partition coefficient (Wildman–Crippen LogP) is 3.82. The van der Waals surface area contributed by atoms with E-state index in [2.05, 4.69) is 0 Å². The van der Waals surface area contributed by atoms with Crippen LogP contribution in [0, 0.1) is 0 Å². The van der Waals surface area contributed by atoms with Crippen molar-refractivity contribution in [2.24, 2.45) is 0 Å². The molecule has 0 saturated carbocycles. The van der Waals surface area contributed by atoms with E-state index in [4.69, 9.17) is 34.1 Å². The van der Waals surface area contributed by atoms with Crippen LogP contribution in [-0.2, 0) is 0 Å². The maximum Gasteiger partial charge on any atom is 0.127 e. The van der Waals surface area contributed by atoms with Crippen LogP contribution in [0.15, 0.2) is 12.1 Å². The third-order valence-electron chi connectivity index (χ3n) is 0.726. The van der Waals surface area contributed by atoms with Gasteiger partial charge in [0.05, 0.1) is 8.95 Å². The van der Waals surface area contributed by atoms with Gasteiger partial charge in [-0.15, -0.1) is 11.3 Å². The SMILES string of the molecule is Clc1ccc(P(Cl)Cl)s1. The Hall–Kier alpha value is 1.000. The second-order valence-corrected chi connectivity index (χ2v) is 6.82. The van der Waals surface area contributed by atoms with Gasteiger partial charge in [-0.2, -0.15) is 0 Å². The van der Waals surface area contributed by atoms with Gasteiger partial charge in [0.1, 0.15) is 6.63 Å². The van der Waals surface area contributed by atoms with Crippen molar-refractivity contribution in [2.45, 2.75) is 0 Å². The van der Waals surface area contributed by atoms with Gasteiger partial charge in [-0.25, -0.2) is 0 Å². The Balaban J connectivity index is 2.85. The Morgan fingerprint density at radius 2 is 2.00 bits per heavy atom. The average molecular weight is 219 g/mol. The van der Waals surface area contributed by atoms with Crippen LogP contribution in [0.2, 0.25) is 4.34 Å². The van der Waals surface area contributed by atoms with Crippen LogP contribution in [0.5, 0.6) is 0 Å². The van der Waals surface area contributed by atoms with Gasteiger partial charge < -0.3 is 0 Å². The fourth-order valence-electron chi connectivity index (χ4n) is 0.396. The predicted molar refractivity (Wildman–Crippen MR) is 47.6 cm³/mol. The molecule has 0 N–H and O–H groups in total. The third kappa shape index (κ3) is 2.25. The van der Waals surface area contributed by atoms with Crippen LogP contribution in [0.1, 0.15) is 0 Å². The van der Waals surface area contributed by atoms with E-state index in [1.54, 1.807) is 6.07 Å². The number of halogens is 3. The first-order chi connectivity index (χ1) is 4.20. The molecule has 0 nitrogen and oxygen atoms in total. The zero-order valence-corrected chi connectivity index (χ0v) is 8.12. The molecule has 0 radical (unpaired) electrons. The third-order valence-corrected chi connectivity index (χ3v) is 4.76. The minimum Gasteiger partial charge on any atom is -0.121 e. The van der Waals surface area contributed by atoms with Gasteiger partial charge in [0.25, 0.3) is 0 Å². The van der Waals surface area contributed by atoms with Gasteiger partial charge >= 0.3 is 0 Å². The molecule has 0 aromatic carbocycles. The van der Waals surface area contributed by atoms with Crippen LogP contribution >= 0.6 is 52.0 Å². The molecule has 0 atom stereocenters. The highest BCUT2D eigenvalue weighted by Gasteiger charge is 2.05. The molecule has 0 unspecified atom stereocenters. The minimum absolute atomic E-state index is 0.735. The Labute approximate surface area is 73.1 Å². The smallest absolute Gasteiger partial charge is 0.121 e. The molecule has 0 aliphatic heterocycles. The normalized spacial score (nSPS) is 10.7. The average Bonchev–Trinajstić information content (AvgIpc) is 2.14. The molecule has 0 aliphatic carbocycles. The zero-order valence-electron chi connectivity index (χ0n) is 4.14. The second-order valence-electron chi connectivity index (χ2n) is 1.31. The van der Waals surface area contributed by atoms with E-state index in [-0.39, 0.29) is 0 Å². The molecule has 1 aromatic heterocycles. The zero-order chi connectivity index (χ0) is 6.85. The Bertz CT molecular complexity index is 197. The molecule has 9 heavy (non-hydrogen) atoms. The summed E-state index contributed by atoms with van der Waals surface area (Å²) in [6.07, 6.45) is 0. The standard InChI is InChI=1S/C4H2Cl3PS/c5-3-1-2-4(9-3)8(6)7/h1-2H. The Kier molecular flexibility index (Phi) is 3.07. The van der Waals surface area contributed by atoms with Crippen LogP contribution in [0.3, 0.4) is 0 Å². The molecule has 0 spiro atoms. The molecule has 50 valence electrons. The molecule has 1 rings (SSSR count). The quantitative estimate of drug-likeness (QED) is 0.630. The molecule has 1 aromatic rings. The summed E-state index contributed by atoms with van der Waals surface area (Å²) in [6.45, 7) is -0.996. The van der Waals surface area contributed by atoms with Gasteiger partial charge in [-0.1, -0.05) is 34.1 Å². The number of rotatable bonds is 1. The van der Waals surface area contributed by atoms with Crippen molar-refractivity contribution in [1.82, 2.24) is 0 Å². The molecule has 0 bridgehead atoms. The number of thiophene rings is 1. The molecule has 0 amide bonds. The molecule has 5 heteroatoms. The maximum atomic E-state index is 5.62. The maximum absolute atomic E-state index is 5.62. The Morgan fingerprint density at radius 3 is 2.22 bits per heavy atom.